The van der Waals surface area contributed by atoms with Crippen LogP contribution in [0.3, 0.4) is 0 Å². The molecule has 1 rings (SSSR count). The molecule has 1 aliphatic rings. The summed E-state index contributed by atoms with van der Waals surface area (Å²) in [6.07, 6.45) is 2.42. The average molecular weight is 124 g/mol. The van der Waals surface area contributed by atoms with E-state index in [9.17, 15) is 0 Å². The van der Waals surface area contributed by atoms with Crippen molar-refractivity contribution in [1.29, 1.82) is 0 Å². The van der Waals surface area contributed by atoms with E-state index in [2.05, 4.69) is 6.92 Å². The van der Waals surface area contributed by atoms with Gasteiger partial charge >= 0.3 is 37.7 Å². The summed E-state index contributed by atoms with van der Waals surface area (Å²) in [5.74, 6) is 0. The first-order chi connectivity index (χ1) is 2.89. The van der Waals surface area contributed by atoms with Crippen molar-refractivity contribution >= 4 is 37.7 Å². The second kappa shape index (κ2) is 4.13. The normalized spacial score (nSPS) is 29.6. The average Bonchev–Trinajstić information content (AvgIpc) is 1.86. The SMILES string of the molecule is [CH2-][C@@H]1CC[CH-]O1.[Ca+2]. The standard InChI is InChI=1S/C5H8O.Ca/c1-5-3-2-4-6-5;/h4-5H,1-3H2;/q-2;+2/t5-;/m1./s1. The van der Waals surface area contributed by atoms with Gasteiger partial charge in [-0.25, -0.2) is 6.61 Å². The van der Waals surface area contributed by atoms with Crippen molar-refractivity contribution in [3.8, 4) is 0 Å². The summed E-state index contributed by atoms with van der Waals surface area (Å²) >= 11 is 0. The van der Waals surface area contributed by atoms with Gasteiger partial charge in [0.15, 0.2) is 0 Å². The van der Waals surface area contributed by atoms with Crippen LogP contribution in [0.15, 0.2) is 0 Å². The Balaban J connectivity index is 0.000000360. The minimum absolute atomic E-state index is 0. The van der Waals surface area contributed by atoms with Crippen molar-refractivity contribution in [1.82, 2.24) is 0 Å². The smallest absolute Gasteiger partial charge is 0.575 e. The van der Waals surface area contributed by atoms with Crippen LogP contribution in [-0.2, 0) is 4.74 Å². The monoisotopic (exact) mass is 124 g/mol. The third-order valence-corrected chi connectivity index (χ3v) is 0.895. The second-order valence-corrected chi connectivity index (χ2v) is 1.50. The van der Waals surface area contributed by atoms with Gasteiger partial charge in [-0.1, -0.05) is 6.42 Å². The topological polar surface area (TPSA) is 9.23 Å². The third kappa shape index (κ3) is 2.91. The van der Waals surface area contributed by atoms with Gasteiger partial charge in [0.1, 0.15) is 0 Å². The van der Waals surface area contributed by atoms with E-state index < -0.39 is 0 Å². The zero-order valence-electron chi connectivity index (χ0n) is 4.39. The molecule has 1 nitrogen and oxygen atoms in total. The minimum Gasteiger partial charge on any atom is -0.575 e. The van der Waals surface area contributed by atoms with E-state index in [1.807, 2.05) is 6.61 Å². The minimum atomic E-state index is 0. The molecule has 2 heteroatoms. The van der Waals surface area contributed by atoms with Crippen molar-refractivity contribution in [2.24, 2.45) is 0 Å². The molecule has 0 N–H and O–H groups in total. The molecule has 1 aliphatic heterocycles. The maximum atomic E-state index is 4.92. The van der Waals surface area contributed by atoms with Crippen LogP contribution >= 0.6 is 0 Å². The Kier molecular flexibility index (Phi) is 4.85. The van der Waals surface area contributed by atoms with Gasteiger partial charge in [0.2, 0.25) is 0 Å². The Hall–Kier alpha value is 1.22. The Bertz CT molecular complexity index is 41.3. The zero-order valence-corrected chi connectivity index (χ0v) is 6.60. The van der Waals surface area contributed by atoms with Gasteiger partial charge in [-0.05, 0) is 0 Å². The van der Waals surface area contributed by atoms with E-state index >= 15 is 0 Å². The molecule has 0 aliphatic carbocycles. The van der Waals surface area contributed by atoms with Crippen molar-refractivity contribution in [2.75, 3.05) is 0 Å². The summed E-state index contributed by atoms with van der Waals surface area (Å²) in [6.45, 7) is 5.50. The molecule has 0 aromatic rings. The van der Waals surface area contributed by atoms with Gasteiger partial charge in [-0.15, -0.1) is 6.10 Å². The van der Waals surface area contributed by atoms with Crippen LogP contribution in [-0.4, -0.2) is 43.8 Å². The first-order valence-electron chi connectivity index (χ1n) is 2.20. The van der Waals surface area contributed by atoms with E-state index in [0.29, 0.717) is 0 Å². The molecular formula is C5H8CaO. The molecular weight excluding hydrogens is 116 g/mol. The first-order valence-corrected chi connectivity index (χ1v) is 2.20. The maximum absolute atomic E-state index is 4.92. The summed E-state index contributed by atoms with van der Waals surface area (Å²) < 4.78 is 4.92. The molecule has 0 unspecified atom stereocenters. The molecule has 1 fully saturated rings. The van der Waals surface area contributed by atoms with Crippen molar-refractivity contribution in [2.45, 2.75) is 18.9 Å². The van der Waals surface area contributed by atoms with Gasteiger partial charge < -0.3 is 11.7 Å². The van der Waals surface area contributed by atoms with Crippen LogP contribution in [0.1, 0.15) is 12.8 Å². The van der Waals surface area contributed by atoms with Crippen molar-refractivity contribution < 1.29 is 4.74 Å². The van der Waals surface area contributed by atoms with Gasteiger partial charge in [-0.2, -0.15) is 6.42 Å². The van der Waals surface area contributed by atoms with E-state index in [4.69, 9.17) is 4.74 Å². The molecule has 0 amide bonds. The molecule has 36 valence electrons. The van der Waals surface area contributed by atoms with Crippen LogP contribution in [0, 0.1) is 13.5 Å². The zero-order chi connectivity index (χ0) is 4.41. The summed E-state index contributed by atoms with van der Waals surface area (Å²) in [5, 5.41) is 0. The summed E-state index contributed by atoms with van der Waals surface area (Å²) in [7, 11) is 0. The molecule has 0 aromatic carbocycles. The first kappa shape index (κ1) is 8.22. The summed E-state index contributed by atoms with van der Waals surface area (Å²) in [4.78, 5) is 0. The van der Waals surface area contributed by atoms with Crippen LogP contribution in [0.4, 0.5) is 0 Å². The van der Waals surface area contributed by atoms with Crippen LogP contribution < -0.4 is 0 Å². The molecule has 1 atom stereocenters. The fraction of sp³-hybridized carbons (Fsp3) is 0.600. The Morgan fingerprint density at radius 1 is 1.71 bits per heavy atom. The predicted octanol–water partition coefficient (Wildman–Crippen LogP) is 0.780. The number of hydrogen-bond donors (Lipinski definition) is 0. The molecule has 0 spiro atoms. The molecule has 0 radical (unpaired) electrons. The van der Waals surface area contributed by atoms with E-state index in [1.54, 1.807) is 0 Å². The van der Waals surface area contributed by atoms with Gasteiger partial charge in [0, 0.05) is 0 Å². The van der Waals surface area contributed by atoms with E-state index in [0.717, 1.165) is 12.8 Å². The fourth-order valence-electron chi connectivity index (χ4n) is 0.526. The maximum Gasteiger partial charge on any atom is 2.00 e. The molecule has 1 heterocycles. The van der Waals surface area contributed by atoms with Crippen LogP contribution in [0.5, 0.6) is 0 Å². The molecule has 0 aromatic heterocycles. The molecule has 0 bridgehead atoms. The number of hydrogen-bond acceptors (Lipinski definition) is 1. The number of ether oxygens (including phenoxy) is 1. The molecule has 1 saturated heterocycles. The molecule has 7 heavy (non-hydrogen) atoms. The van der Waals surface area contributed by atoms with E-state index in [1.165, 1.54) is 0 Å². The summed E-state index contributed by atoms with van der Waals surface area (Å²) in [5.41, 5.74) is 0. The quantitative estimate of drug-likeness (QED) is 0.342. The fourth-order valence-corrected chi connectivity index (χ4v) is 0.526. The van der Waals surface area contributed by atoms with Gasteiger partial charge in [-0.3, -0.25) is 0 Å². The van der Waals surface area contributed by atoms with Crippen LogP contribution in [0.25, 0.3) is 0 Å². The molecule has 0 saturated carbocycles. The van der Waals surface area contributed by atoms with Gasteiger partial charge in [0.05, 0.1) is 0 Å². The van der Waals surface area contributed by atoms with Gasteiger partial charge in [0.25, 0.3) is 0 Å². The Morgan fingerprint density at radius 3 is 2.57 bits per heavy atom. The Morgan fingerprint density at radius 2 is 2.43 bits per heavy atom. The second-order valence-electron chi connectivity index (χ2n) is 1.50. The number of rotatable bonds is 0. The largest absolute Gasteiger partial charge is 2.00 e. The summed E-state index contributed by atoms with van der Waals surface area (Å²) in [6, 6.07) is 0. The van der Waals surface area contributed by atoms with Crippen LogP contribution in [0.2, 0.25) is 0 Å². The third-order valence-electron chi connectivity index (χ3n) is 0.895. The van der Waals surface area contributed by atoms with Crippen molar-refractivity contribution in [3.63, 3.8) is 0 Å². The van der Waals surface area contributed by atoms with E-state index in [-0.39, 0.29) is 43.8 Å². The Labute approximate surface area is 74.4 Å². The predicted molar refractivity (Wildman–Crippen MR) is 29.5 cm³/mol. The van der Waals surface area contributed by atoms with Crippen molar-refractivity contribution in [3.05, 3.63) is 13.5 Å².